The van der Waals surface area contributed by atoms with Crippen LogP contribution in [0.2, 0.25) is 0 Å². The number of amides is 1. The van der Waals surface area contributed by atoms with E-state index >= 15 is 0 Å². The van der Waals surface area contributed by atoms with Gasteiger partial charge in [0, 0.05) is 44.8 Å². The van der Waals surface area contributed by atoms with E-state index in [1.165, 1.54) is 25.9 Å². The fraction of sp³-hybridized carbons (Fsp3) is 0.800. The predicted molar refractivity (Wildman–Crippen MR) is 76.1 cm³/mol. The third-order valence-corrected chi connectivity index (χ3v) is 4.66. The Bertz CT molecular complexity index is 435. The molecule has 0 unspecified atom stereocenters. The quantitative estimate of drug-likeness (QED) is 0.691. The van der Waals surface area contributed by atoms with Crippen LogP contribution >= 0.6 is 0 Å². The fourth-order valence-electron chi connectivity index (χ4n) is 3.13. The summed E-state index contributed by atoms with van der Waals surface area (Å²) in [7, 11) is 0. The molecule has 3 rings (SSSR count). The number of hydrogen-bond donors (Lipinski definition) is 0. The van der Waals surface area contributed by atoms with Gasteiger partial charge in [0.25, 0.3) is 0 Å². The summed E-state index contributed by atoms with van der Waals surface area (Å²) in [6.07, 6.45) is 10.6. The monoisotopic (exact) mass is 274 g/mol. The van der Waals surface area contributed by atoms with Crippen LogP contribution in [-0.2, 0) is 4.79 Å². The number of carbonyl (C=O) groups excluding carboxylic acids is 1. The molecule has 5 heteroatoms. The Morgan fingerprint density at radius 3 is 2.55 bits per heavy atom. The summed E-state index contributed by atoms with van der Waals surface area (Å²) in [6, 6.07) is 0.604. The summed E-state index contributed by atoms with van der Waals surface area (Å²) >= 11 is 0. The predicted octanol–water partition coefficient (Wildman–Crippen LogP) is 1.65. The molecule has 5 nitrogen and oxygen atoms in total. The average Bonchev–Trinajstić information content (AvgIpc) is 2.97. The molecule has 0 aromatic heterocycles. The van der Waals surface area contributed by atoms with Crippen LogP contribution in [0.25, 0.3) is 0 Å². The number of nitrogens with zero attached hydrogens (tertiary/aromatic N) is 4. The molecule has 3 aliphatic heterocycles. The maximum absolute atomic E-state index is 12.1. The van der Waals surface area contributed by atoms with Gasteiger partial charge >= 0.3 is 0 Å². The Labute approximate surface area is 120 Å². The second kappa shape index (κ2) is 5.53. The van der Waals surface area contributed by atoms with Crippen LogP contribution in [0.5, 0.6) is 0 Å². The van der Waals surface area contributed by atoms with E-state index in [-0.39, 0.29) is 11.6 Å². The molecular formula is C15H22N4O. The molecule has 0 spiro atoms. The van der Waals surface area contributed by atoms with E-state index in [1.54, 1.807) is 0 Å². The molecule has 2 saturated heterocycles. The third kappa shape index (κ3) is 2.85. The summed E-state index contributed by atoms with van der Waals surface area (Å²) in [4.78, 5) is 16.6. The smallest absolute Gasteiger partial charge is 0.222 e. The Balaban J connectivity index is 1.35. The zero-order valence-electron chi connectivity index (χ0n) is 11.9. The van der Waals surface area contributed by atoms with Crippen molar-refractivity contribution in [2.75, 3.05) is 26.2 Å². The van der Waals surface area contributed by atoms with Gasteiger partial charge in [-0.1, -0.05) is 0 Å². The highest BCUT2D eigenvalue weighted by Crippen LogP contribution is 2.38. The van der Waals surface area contributed by atoms with Crippen molar-refractivity contribution in [3.05, 3.63) is 0 Å². The van der Waals surface area contributed by atoms with Crippen LogP contribution in [0.3, 0.4) is 0 Å². The van der Waals surface area contributed by atoms with E-state index < -0.39 is 0 Å². The van der Waals surface area contributed by atoms with Gasteiger partial charge in [0.05, 0.1) is 0 Å². The first-order chi connectivity index (χ1) is 9.72. The highest BCUT2D eigenvalue weighted by Gasteiger charge is 2.41. The number of hydrogen-bond acceptors (Lipinski definition) is 4. The summed E-state index contributed by atoms with van der Waals surface area (Å²) in [5.41, 5.74) is -0.318. The van der Waals surface area contributed by atoms with Crippen LogP contribution < -0.4 is 0 Å². The van der Waals surface area contributed by atoms with Gasteiger partial charge in [0.1, 0.15) is 0 Å². The lowest BCUT2D eigenvalue weighted by Crippen LogP contribution is -2.60. The van der Waals surface area contributed by atoms with Gasteiger partial charge < -0.3 is 4.90 Å². The highest BCUT2D eigenvalue weighted by molar-refractivity contribution is 5.77. The molecule has 0 bridgehead atoms. The van der Waals surface area contributed by atoms with Gasteiger partial charge in [0.15, 0.2) is 5.66 Å². The minimum Gasteiger partial charge on any atom is -0.339 e. The Morgan fingerprint density at radius 1 is 1.25 bits per heavy atom. The molecule has 0 N–H and O–H groups in total. The number of terminal acetylenes is 1. The summed E-state index contributed by atoms with van der Waals surface area (Å²) < 4.78 is 0. The summed E-state index contributed by atoms with van der Waals surface area (Å²) in [6.45, 7) is 4.23. The van der Waals surface area contributed by atoms with Crippen LogP contribution in [0.1, 0.15) is 38.5 Å². The first kappa shape index (κ1) is 13.6. The standard InChI is InChI=1S/C15H22N4O/c1-2-3-7-15(16-17-15)8-6-14(20)19-11-13(12-19)18-9-4-5-10-18/h1,13H,3-12H2. The molecule has 20 heavy (non-hydrogen) atoms. The number of likely N-dealkylation sites (tertiary alicyclic amines) is 2. The molecule has 0 radical (unpaired) electrons. The first-order valence-electron chi connectivity index (χ1n) is 7.62. The van der Waals surface area contributed by atoms with Gasteiger partial charge in [0.2, 0.25) is 5.91 Å². The maximum atomic E-state index is 12.1. The fourth-order valence-corrected chi connectivity index (χ4v) is 3.13. The highest BCUT2D eigenvalue weighted by atomic mass is 16.2. The number of carbonyl (C=O) groups is 1. The van der Waals surface area contributed by atoms with Crippen molar-refractivity contribution in [3.8, 4) is 12.3 Å². The lowest BCUT2D eigenvalue weighted by atomic mass is 10.0. The summed E-state index contributed by atoms with van der Waals surface area (Å²) in [5, 5.41) is 8.15. The largest absolute Gasteiger partial charge is 0.339 e. The minimum atomic E-state index is -0.318. The van der Waals surface area contributed by atoms with Crippen molar-refractivity contribution in [1.29, 1.82) is 0 Å². The van der Waals surface area contributed by atoms with Crippen molar-refractivity contribution in [3.63, 3.8) is 0 Å². The van der Waals surface area contributed by atoms with E-state index in [1.807, 2.05) is 4.90 Å². The van der Waals surface area contributed by atoms with Crippen molar-refractivity contribution >= 4 is 5.91 Å². The second-order valence-electron chi connectivity index (χ2n) is 6.08. The molecule has 2 fully saturated rings. The lowest BCUT2D eigenvalue weighted by molar-refractivity contribution is -0.138. The molecule has 0 aromatic rings. The minimum absolute atomic E-state index is 0.248. The van der Waals surface area contributed by atoms with E-state index in [9.17, 15) is 4.79 Å². The molecule has 3 heterocycles. The van der Waals surface area contributed by atoms with Gasteiger partial charge in [-0.05, 0) is 25.9 Å². The zero-order chi connectivity index (χ0) is 14.0. The first-order valence-corrected chi connectivity index (χ1v) is 7.62. The Hall–Kier alpha value is -1.41. The molecule has 108 valence electrons. The van der Waals surface area contributed by atoms with E-state index in [0.717, 1.165) is 25.9 Å². The molecule has 0 atom stereocenters. The maximum Gasteiger partial charge on any atom is 0.222 e. The molecule has 0 saturated carbocycles. The molecule has 0 aliphatic carbocycles. The normalized spacial score (nSPS) is 24.4. The van der Waals surface area contributed by atoms with Gasteiger partial charge in [-0.2, -0.15) is 10.2 Å². The molecule has 1 amide bonds. The Kier molecular flexibility index (Phi) is 3.75. The van der Waals surface area contributed by atoms with Gasteiger partial charge in [-0.15, -0.1) is 12.3 Å². The molecular weight excluding hydrogens is 252 g/mol. The van der Waals surface area contributed by atoms with Crippen molar-refractivity contribution < 1.29 is 4.79 Å². The molecule has 0 aromatic carbocycles. The number of rotatable bonds is 6. The van der Waals surface area contributed by atoms with Crippen molar-refractivity contribution in [2.24, 2.45) is 10.2 Å². The second-order valence-corrected chi connectivity index (χ2v) is 6.08. The van der Waals surface area contributed by atoms with Crippen LogP contribution in [0.4, 0.5) is 0 Å². The summed E-state index contributed by atoms with van der Waals surface area (Å²) in [5.74, 6) is 2.86. The zero-order valence-corrected chi connectivity index (χ0v) is 11.9. The van der Waals surface area contributed by atoms with Crippen LogP contribution in [0.15, 0.2) is 10.2 Å². The molecule has 3 aliphatic rings. The van der Waals surface area contributed by atoms with Gasteiger partial charge in [-0.3, -0.25) is 9.69 Å². The van der Waals surface area contributed by atoms with Crippen molar-refractivity contribution in [1.82, 2.24) is 9.80 Å². The van der Waals surface area contributed by atoms with Gasteiger partial charge in [-0.25, -0.2) is 0 Å². The topological polar surface area (TPSA) is 48.3 Å². The Morgan fingerprint density at radius 2 is 1.95 bits per heavy atom. The van der Waals surface area contributed by atoms with E-state index in [2.05, 4.69) is 21.0 Å². The van der Waals surface area contributed by atoms with Crippen molar-refractivity contribution in [2.45, 2.75) is 50.2 Å². The van der Waals surface area contributed by atoms with Crippen LogP contribution in [0, 0.1) is 12.3 Å². The average molecular weight is 274 g/mol. The third-order valence-electron chi connectivity index (χ3n) is 4.66. The SMILES string of the molecule is C#CCCC1(CCC(=O)N2CC(N3CCCC3)C2)N=N1. The van der Waals surface area contributed by atoms with E-state index in [0.29, 0.717) is 18.9 Å². The van der Waals surface area contributed by atoms with E-state index in [4.69, 9.17) is 6.42 Å². The van der Waals surface area contributed by atoms with Crippen LogP contribution in [-0.4, -0.2) is 53.6 Å². The lowest BCUT2D eigenvalue weighted by Gasteiger charge is -2.44.